The molecule has 0 aliphatic carbocycles. The number of ether oxygens (including phenoxy) is 1. The average molecular weight is 383 g/mol. The van der Waals surface area contributed by atoms with Gasteiger partial charge in [-0.25, -0.2) is 4.98 Å². The van der Waals surface area contributed by atoms with Crippen molar-refractivity contribution >= 4 is 5.91 Å². The Morgan fingerprint density at radius 3 is 2.75 bits per heavy atom. The number of imidazole rings is 1. The van der Waals surface area contributed by atoms with Gasteiger partial charge in [0, 0.05) is 51.6 Å². The Kier molecular flexibility index (Phi) is 5.46. The molecule has 0 atom stereocenters. The zero-order chi connectivity index (χ0) is 19.6. The number of aromatic amines is 1. The van der Waals surface area contributed by atoms with E-state index in [9.17, 15) is 4.79 Å². The molecule has 4 heterocycles. The summed E-state index contributed by atoms with van der Waals surface area (Å²) in [6.07, 6.45) is 7.34. The highest BCUT2D eigenvalue weighted by atomic mass is 16.5. The molecule has 7 heteroatoms. The predicted octanol–water partition coefficient (Wildman–Crippen LogP) is 1.89. The van der Waals surface area contributed by atoms with Crippen LogP contribution in [-0.4, -0.2) is 64.0 Å². The lowest BCUT2D eigenvalue weighted by atomic mass is 9.78. The Labute approximate surface area is 166 Å². The van der Waals surface area contributed by atoms with Gasteiger partial charge in [0.05, 0.1) is 23.3 Å². The van der Waals surface area contributed by atoms with Crippen LogP contribution in [0.2, 0.25) is 0 Å². The number of aromatic nitrogens is 3. The van der Waals surface area contributed by atoms with E-state index in [1.807, 2.05) is 11.1 Å². The summed E-state index contributed by atoms with van der Waals surface area (Å²) in [5, 5.41) is 0. The number of pyridine rings is 1. The van der Waals surface area contributed by atoms with Crippen LogP contribution in [0.15, 0.2) is 24.7 Å². The minimum atomic E-state index is -0.320. The summed E-state index contributed by atoms with van der Waals surface area (Å²) in [6, 6.07) is 4.29. The molecule has 4 rings (SSSR count). The molecule has 0 aromatic carbocycles. The van der Waals surface area contributed by atoms with E-state index in [4.69, 9.17) is 4.74 Å². The van der Waals surface area contributed by atoms with Crippen molar-refractivity contribution < 1.29 is 9.53 Å². The van der Waals surface area contributed by atoms with Crippen LogP contribution < -0.4 is 0 Å². The summed E-state index contributed by atoms with van der Waals surface area (Å²) in [5.41, 5.74) is 4.27. The van der Waals surface area contributed by atoms with Crippen molar-refractivity contribution in [3.8, 4) is 0 Å². The van der Waals surface area contributed by atoms with Gasteiger partial charge in [-0.3, -0.25) is 14.7 Å². The Morgan fingerprint density at radius 1 is 1.25 bits per heavy atom. The minimum Gasteiger partial charge on any atom is -0.375 e. The third kappa shape index (κ3) is 3.44. The maximum absolute atomic E-state index is 12.8. The maximum Gasteiger partial charge on any atom is 0.249 e. The number of likely N-dealkylation sites (tertiary alicyclic amines) is 1. The van der Waals surface area contributed by atoms with Gasteiger partial charge in [0.1, 0.15) is 6.61 Å². The number of nitrogens with one attached hydrogen (secondary N) is 1. The van der Waals surface area contributed by atoms with Gasteiger partial charge in [-0.2, -0.15) is 0 Å². The van der Waals surface area contributed by atoms with Gasteiger partial charge >= 0.3 is 0 Å². The number of amides is 1. The van der Waals surface area contributed by atoms with E-state index in [0.29, 0.717) is 0 Å². The molecule has 1 saturated heterocycles. The molecule has 28 heavy (non-hydrogen) atoms. The zero-order valence-electron chi connectivity index (χ0n) is 16.8. The van der Waals surface area contributed by atoms with Crippen molar-refractivity contribution in [1.82, 2.24) is 24.8 Å². The molecule has 0 saturated carbocycles. The van der Waals surface area contributed by atoms with Crippen LogP contribution in [0.25, 0.3) is 0 Å². The topological polar surface area (TPSA) is 74.4 Å². The molecule has 0 radical (unpaired) electrons. The highest BCUT2D eigenvalue weighted by molar-refractivity contribution is 5.79. The van der Waals surface area contributed by atoms with Crippen LogP contribution in [0, 0.1) is 0 Å². The molecule has 7 nitrogen and oxygen atoms in total. The van der Waals surface area contributed by atoms with Gasteiger partial charge in [0.2, 0.25) is 5.91 Å². The lowest BCUT2D eigenvalue weighted by Gasteiger charge is -2.50. The van der Waals surface area contributed by atoms with Crippen molar-refractivity contribution in [2.24, 2.45) is 0 Å². The van der Waals surface area contributed by atoms with E-state index in [2.05, 4.69) is 38.9 Å². The number of hydrogen-bond donors (Lipinski definition) is 1. The Balaban J connectivity index is 1.50. The molecule has 2 aliphatic heterocycles. The van der Waals surface area contributed by atoms with Gasteiger partial charge in [0.25, 0.3) is 0 Å². The summed E-state index contributed by atoms with van der Waals surface area (Å²) in [5.74, 6) is 0.0569. The van der Waals surface area contributed by atoms with Crippen LogP contribution >= 0.6 is 0 Å². The standard InChI is InChI=1S/C21H29N5O2/c1-3-16-4-5-17(22-12-16)13-25-10-7-21(8-11-25)20-18(23-15-24-20)6-9-26(21)19(27)14-28-2/h4-5,12,15H,3,6-11,13-14H2,1-2H3,(H,23,24). The second-order valence-corrected chi connectivity index (χ2v) is 7.78. The van der Waals surface area contributed by atoms with Gasteiger partial charge < -0.3 is 14.6 Å². The molecule has 0 bridgehead atoms. The number of rotatable bonds is 5. The Bertz CT molecular complexity index is 808. The van der Waals surface area contributed by atoms with Crippen molar-refractivity contribution in [1.29, 1.82) is 0 Å². The molecule has 1 amide bonds. The molecule has 2 aromatic heterocycles. The predicted molar refractivity (Wildman–Crippen MR) is 106 cm³/mol. The molecule has 1 spiro atoms. The van der Waals surface area contributed by atoms with E-state index in [-0.39, 0.29) is 18.1 Å². The van der Waals surface area contributed by atoms with E-state index in [1.54, 1.807) is 13.4 Å². The molecular weight excluding hydrogens is 354 g/mol. The number of fused-ring (bicyclic) bond motifs is 2. The number of carbonyl (C=O) groups excluding carboxylic acids is 1. The van der Waals surface area contributed by atoms with Crippen molar-refractivity contribution in [2.45, 2.75) is 44.7 Å². The molecule has 2 aliphatic rings. The second kappa shape index (κ2) is 8.01. The Hall–Kier alpha value is -2.25. The summed E-state index contributed by atoms with van der Waals surface area (Å²) in [7, 11) is 1.58. The number of carbonyl (C=O) groups is 1. The molecular formula is C21H29N5O2. The third-order valence-corrected chi connectivity index (χ3v) is 6.19. The first-order valence-electron chi connectivity index (χ1n) is 10.1. The molecule has 0 unspecified atom stereocenters. The average Bonchev–Trinajstić information content (AvgIpc) is 3.21. The van der Waals surface area contributed by atoms with Crippen molar-refractivity contribution in [2.75, 3.05) is 33.4 Å². The highest BCUT2D eigenvalue weighted by Crippen LogP contribution is 2.42. The first-order valence-corrected chi connectivity index (χ1v) is 10.1. The quantitative estimate of drug-likeness (QED) is 0.853. The van der Waals surface area contributed by atoms with Gasteiger partial charge in [-0.15, -0.1) is 0 Å². The van der Waals surface area contributed by atoms with Crippen LogP contribution in [0.1, 0.15) is 42.4 Å². The highest BCUT2D eigenvalue weighted by Gasteiger charge is 2.48. The van der Waals surface area contributed by atoms with Crippen LogP contribution in [0.5, 0.6) is 0 Å². The van der Waals surface area contributed by atoms with E-state index < -0.39 is 0 Å². The number of piperidine rings is 1. The zero-order valence-corrected chi connectivity index (χ0v) is 16.8. The van der Waals surface area contributed by atoms with Crippen molar-refractivity contribution in [3.05, 3.63) is 47.3 Å². The third-order valence-electron chi connectivity index (χ3n) is 6.19. The fourth-order valence-corrected chi connectivity index (χ4v) is 4.62. The monoisotopic (exact) mass is 383 g/mol. The van der Waals surface area contributed by atoms with Gasteiger partial charge in [-0.1, -0.05) is 13.0 Å². The molecule has 2 aromatic rings. The van der Waals surface area contributed by atoms with E-state index in [0.717, 1.165) is 63.3 Å². The first-order chi connectivity index (χ1) is 13.7. The summed E-state index contributed by atoms with van der Waals surface area (Å²) in [6.45, 7) is 5.67. The molecule has 1 N–H and O–H groups in total. The fraction of sp³-hybridized carbons (Fsp3) is 0.571. The number of H-pyrrole nitrogens is 1. The lowest BCUT2D eigenvalue weighted by Crippen LogP contribution is -2.58. The van der Waals surface area contributed by atoms with Crippen LogP contribution in [0.4, 0.5) is 0 Å². The summed E-state index contributed by atoms with van der Waals surface area (Å²) in [4.78, 5) is 29.7. The number of nitrogens with zero attached hydrogens (tertiary/aromatic N) is 4. The van der Waals surface area contributed by atoms with E-state index >= 15 is 0 Å². The number of hydrogen-bond acceptors (Lipinski definition) is 5. The minimum absolute atomic E-state index is 0.0569. The second-order valence-electron chi connectivity index (χ2n) is 7.78. The molecule has 1 fully saturated rings. The summed E-state index contributed by atoms with van der Waals surface area (Å²) >= 11 is 0. The fourth-order valence-electron chi connectivity index (χ4n) is 4.62. The maximum atomic E-state index is 12.8. The summed E-state index contributed by atoms with van der Waals surface area (Å²) < 4.78 is 5.14. The smallest absolute Gasteiger partial charge is 0.249 e. The SMILES string of the molecule is CCc1ccc(CN2CCC3(CC2)c2nc[nH]c2CCN3C(=O)COC)nc1. The van der Waals surface area contributed by atoms with Crippen LogP contribution in [-0.2, 0) is 34.5 Å². The van der Waals surface area contributed by atoms with Gasteiger partial charge in [-0.05, 0) is 30.9 Å². The van der Waals surface area contributed by atoms with Crippen molar-refractivity contribution in [3.63, 3.8) is 0 Å². The number of aryl methyl sites for hydroxylation is 1. The van der Waals surface area contributed by atoms with E-state index in [1.165, 1.54) is 11.3 Å². The van der Waals surface area contributed by atoms with Gasteiger partial charge in [0.15, 0.2) is 0 Å². The number of methoxy groups -OCH3 is 1. The van der Waals surface area contributed by atoms with Crippen LogP contribution in [0.3, 0.4) is 0 Å². The molecule has 150 valence electrons. The Morgan fingerprint density at radius 2 is 2.07 bits per heavy atom. The lowest BCUT2D eigenvalue weighted by molar-refractivity contribution is -0.146. The first kappa shape index (κ1) is 19.1. The largest absolute Gasteiger partial charge is 0.375 e. The normalized spacial score (nSPS) is 19.0.